The van der Waals surface area contributed by atoms with E-state index in [1.54, 1.807) is 23.2 Å². The number of halogens is 1. The van der Waals surface area contributed by atoms with Gasteiger partial charge in [0.2, 0.25) is 0 Å². The van der Waals surface area contributed by atoms with Crippen molar-refractivity contribution in [1.29, 1.82) is 0 Å². The van der Waals surface area contributed by atoms with Crippen molar-refractivity contribution in [3.05, 3.63) is 71.3 Å². The van der Waals surface area contributed by atoms with Crippen LogP contribution in [0.5, 0.6) is 0 Å². The number of benzene rings is 2. The van der Waals surface area contributed by atoms with Crippen LogP contribution >= 0.6 is 0 Å². The molecule has 5 rings (SSSR count). The number of anilines is 1. The number of hydrogen-bond donors (Lipinski definition) is 3. The lowest BCUT2D eigenvalue weighted by molar-refractivity contribution is -0.114. The summed E-state index contributed by atoms with van der Waals surface area (Å²) in [5.41, 5.74) is 3.27. The highest BCUT2D eigenvalue weighted by Gasteiger charge is 2.40. The van der Waals surface area contributed by atoms with Gasteiger partial charge in [0.1, 0.15) is 5.82 Å². The zero-order valence-corrected chi connectivity index (χ0v) is 14.0. The second kappa shape index (κ2) is 5.66. The molecule has 3 N–H and O–H groups in total. The van der Waals surface area contributed by atoms with E-state index in [1.165, 1.54) is 12.1 Å². The minimum atomic E-state index is -0.621. The Balaban J connectivity index is 1.53. The smallest absolute Gasteiger partial charge is 0.319 e. The van der Waals surface area contributed by atoms with Crippen molar-refractivity contribution in [2.45, 2.75) is 6.04 Å². The number of carbonyl (C=O) groups excluding carboxylic acids is 2. The Labute approximate surface area is 152 Å². The zero-order valence-electron chi connectivity index (χ0n) is 14.0. The molecule has 2 aromatic carbocycles. The van der Waals surface area contributed by atoms with Gasteiger partial charge in [-0.25, -0.2) is 9.18 Å². The van der Waals surface area contributed by atoms with Crippen LogP contribution in [0.4, 0.5) is 14.9 Å². The third-order valence-electron chi connectivity index (χ3n) is 4.88. The number of aromatic amines is 1. The molecular formula is C19H14FN5O2. The maximum Gasteiger partial charge on any atom is 0.319 e. The van der Waals surface area contributed by atoms with E-state index >= 15 is 0 Å². The fraction of sp³-hybridized carbons (Fsp3) is 0.105. The number of amides is 3. The molecule has 1 unspecified atom stereocenters. The van der Waals surface area contributed by atoms with E-state index in [9.17, 15) is 14.0 Å². The van der Waals surface area contributed by atoms with Crippen molar-refractivity contribution >= 4 is 28.5 Å². The molecule has 3 heterocycles. The molecular weight excluding hydrogens is 349 g/mol. The van der Waals surface area contributed by atoms with E-state index in [4.69, 9.17) is 0 Å². The zero-order chi connectivity index (χ0) is 18.5. The number of hydrogen-bond acceptors (Lipinski definition) is 3. The van der Waals surface area contributed by atoms with Crippen molar-refractivity contribution in [3.8, 4) is 0 Å². The molecule has 2 aliphatic rings. The summed E-state index contributed by atoms with van der Waals surface area (Å²) in [5, 5.41) is 13.2. The molecule has 134 valence electrons. The van der Waals surface area contributed by atoms with Crippen LogP contribution < -0.4 is 15.5 Å². The first-order valence-electron chi connectivity index (χ1n) is 8.41. The number of H-pyrrole nitrogens is 1. The largest absolute Gasteiger partial charge is 0.327 e. The number of rotatable bonds is 2. The fourth-order valence-electron chi connectivity index (χ4n) is 3.58. The Hall–Kier alpha value is -3.68. The van der Waals surface area contributed by atoms with Crippen molar-refractivity contribution in [3.63, 3.8) is 0 Å². The number of nitrogens with zero attached hydrogens (tertiary/aromatic N) is 2. The van der Waals surface area contributed by atoms with Crippen molar-refractivity contribution in [2.75, 3.05) is 11.4 Å². The number of aromatic nitrogens is 2. The summed E-state index contributed by atoms with van der Waals surface area (Å²) in [7, 11) is 0. The van der Waals surface area contributed by atoms with E-state index in [-0.39, 0.29) is 24.3 Å². The van der Waals surface area contributed by atoms with Crippen LogP contribution in [0.25, 0.3) is 10.9 Å². The van der Waals surface area contributed by atoms with Gasteiger partial charge in [0.15, 0.2) is 0 Å². The molecule has 0 bridgehead atoms. The van der Waals surface area contributed by atoms with Gasteiger partial charge in [-0.15, -0.1) is 0 Å². The Kier molecular flexibility index (Phi) is 3.27. The van der Waals surface area contributed by atoms with Crippen molar-refractivity contribution < 1.29 is 14.0 Å². The third kappa shape index (κ3) is 2.45. The summed E-state index contributed by atoms with van der Waals surface area (Å²) < 4.78 is 13.3. The Morgan fingerprint density at radius 2 is 1.93 bits per heavy atom. The van der Waals surface area contributed by atoms with Crippen LogP contribution in [0, 0.1) is 5.82 Å². The second-order valence-electron chi connectivity index (χ2n) is 6.51. The summed E-state index contributed by atoms with van der Waals surface area (Å²) in [6, 6.07) is 10.3. The molecule has 0 aliphatic carbocycles. The van der Waals surface area contributed by atoms with Crippen LogP contribution in [-0.4, -0.2) is 28.7 Å². The molecule has 0 saturated heterocycles. The lowest BCUT2D eigenvalue weighted by atomic mass is 9.96. The standard InChI is InChI=1S/C19H14FN5O2/c20-12-3-1-10(2-4-12)17-16-15(22-19(27)23-17)9-25(18(16)26)13-5-6-14-11(7-13)8-21-24-14/h1-8,17H,9H2,(H,21,24)(H2,22,23,27). The second-order valence-corrected chi connectivity index (χ2v) is 6.51. The highest BCUT2D eigenvalue weighted by Crippen LogP contribution is 2.35. The minimum Gasteiger partial charge on any atom is -0.327 e. The van der Waals surface area contributed by atoms with Crippen molar-refractivity contribution in [1.82, 2.24) is 20.8 Å². The number of urea groups is 1. The van der Waals surface area contributed by atoms with Gasteiger partial charge in [0.05, 0.1) is 35.6 Å². The van der Waals surface area contributed by atoms with Crippen LogP contribution in [0.3, 0.4) is 0 Å². The van der Waals surface area contributed by atoms with E-state index < -0.39 is 6.04 Å². The Morgan fingerprint density at radius 1 is 1.11 bits per heavy atom. The summed E-state index contributed by atoms with van der Waals surface area (Å²) in [5.74, 6) is -0.573. The fourth-order valence-corrected chi connectivity index (χ4v) is 3.58. The van der Waals surface area contributed by atoms with Crippen LogP contribution in [0.2, 0.25) is 0 Å². The lowest BCUT2D eigenvalue weighted by Gasteiger charge is -2.25. The topological polar surface area (TPSA) is 90.1 Å². The molecule has 1 aromatic heterocycles. The molecule has 3 amide bonds. The highest BCUT2D eigenvalue weighted by atomic mass is 19.1. The van der Waals surface area contributed by atoms with E-state index in [1.807, 2.05) is 18.2 Å². The monoisotopic (exact) mass is 363 g/mol. The number of fused-ring (bicyclic) bond motifs is 1. The summed E-state index contributed by atoms with van der Waals surface area (Å²) >= 11 is 0. The number of carbonyl (C=O) groups is 2. The predicted molar refractivity (Wildman–Crippen MR) is 96.3 cm³/mol. The van der Waals surface area contributed by atoms with Crippen LogP contribution in [0.15, 0.2) is 59.9 Å². The molecule has 0 saturated carbocycles. The van der Waals surface area contributed by atoms with Gasteiger partial charge in [0, 0.05) is 11.1 Å². The maximum atomic E-state index is 13.3. The van der Waals surface area contributed by atoms with Gasteiger partial charge >= 0.3 is 6.03 Å². The van der Waals surface area contributed by atoms with Gasteiger partial charge < -0.3 is 15.5 Å². The average molecular weight is 363 g/mol. The Bertz CT molecular complexity index is 1120. The summed E-state index contributed by atoms with van der Waals surface area (Å²) in [6.07, 6.45) is 1.69. The molecule has 0 spiro atoms. The quantitative estimate of drug-likeness (QED) is 0.653. The number of nitrogens with one attached hydrogen (secondary N) is 3. The van der Waals surface area contributed by atoms with Crippen molar-refractivity contribution in [2.24, 2.45) is 0 Å². The third-order valence-corrected chi connectivity index (χ3v) is 4.88. The van der Waals surface area contributed by atoms with Gasteiger partial charge in [-0.1, -0.05) is 12.1 Å². The SMILES string of the molecule is O=C1NC2=C(C(=O)N(c3ccc4[nH]ncc4c3)C2)C(c2ccc(F)cc2)N1. The van der Waals surface area contributed by atoms with Gasteiger partial charge in [0.25, 0.3) is 5.91 Å². The van der Waals surface area contributed by atoms with Crippen LogP contribution in [0.1, 0.15) is 11.6 Å². The maximum absolute atomic E-state index is 13.3. The molecule has 0 radical (unpaired) electrons. The van der Waals surface area contributed by atoms with Gasteiger partial charge in [-0.2, -0.15) is 5.10 Å². The molecule has 7 nitrogen and oxygen atoms in total. The lowest BCUT2D eigenvalue weighted by Crippen LogP contribution is -2.44. The van der Waals surface area contributed by atoms with E-state index in [0.29, 0.717) is 16.8 Å². The van der Waals surface area contributed by atoms with Gasteiger partial charge in [-0.3, -0.25) is 9.89 Å². The molecule has 1 atom stereocenters. The summed E-state index contributed by atoms with van der Waals surface area (Å²) in [6.45, 7) is 0.267. The highest BCUT2D eigenvalue weighted by molar-refractivity contribution is 6.12. The molecule has 8 heteroatoms. The molecule has 0 fully saturated rings. The minimum absolute atomic E-state index is 0.199. The van der Waals surface area contributed by atoms with E-state index in [0.717, 1.165) is 16.6 Å². The first-order chi connectivity index (χ1) is 13.1. The van der Waals surface area contributed by atoms with E-state index in [2.05, 4.69) is 20.8 Å². The van der Waals surface area contributed by atoms with Crippen LogP contribution in [-0.2, 0) is 4.79 Å². The average Bonchev–Trinajstić information content (AvgIpc) is 3.25. The summed E-state index contributed by atoms with van der Waals surface area (Å²) in [4.78, 5) is 26.8. The molecule has 2 aliphatic heterocycles. The first kappa shape index (κ1) is 15.6. The Morgan fingerprint density at radius 3 is 2.74 bits per heavy atom. The molecule has 27 heavy (non-hydrogen) atoms. The normalized spacial score (nSPS) is 19.3. The first-order valence-corrected chi connectivity index (χ1v) is 8.41. The molecule has 3 aromatic rings. The predicted octanol–water partition coefficient (Wildman–Crippen LogP) is 2.36. The van der Waals surface area contributed by atoms with Gasteiger partial charge in [-0.05, 0) is 35.9 Å².